The van der Waals surface area contributed by atoms with Gasteiger partial charge in [-0.3, -0.25) is 0 Å². The molecule has 0 spiro atoms. The van der Waals surface area contributed by atoms with Crippen molar-refractivity contribution in [2.75, 3.05) is 18.6 Å². The second kappa shape index (κ2) is 6.74. The van der Waals surface area contributed by atoms with Crippen molar-refractivity contribution in [3.05, 3.63) is 17.3 Å². The highest BCUT2D eigenvalue weighted by molar-refractivity contribution is 6.29. The molecule has 4 nitrogen and oxygen atoms in total. The van der Waals surface area contributed by atoms with E-state index in [0.29, 0.717) is 17.1 Å². The molecule has 1 aromatic heterocycles. The van der Waals surface area contributed by atoms with Crippen molar-refractivity contribution in [2.45, 2.75) is 31.7 Å². The lowest BCUT2D eigenvalue weighted by atomic mass is 9.86. The topological polar surface area (TPSA) is 49.2 Å². The molecule has 0 saturated heterocycles. The van der Waals surface area contributed by atoms with Gasteiger partial charge < -0.3 is 10.0 Å². The van der Waals surface area contributed by atoms with E-state index in [1.165, 1.54) is 0 Å². The minimum absolute atomic E-state index is 0.0415. The average Bonchev–Trinajstić information content (AvgIpc) is 2.46. The molecule has 0 aliphatic heterocycles. The molecule has 0 atom stereocenters. The predicted molar refractivity (Wildman–Crippen MR) is 76.1 cm³/mol. The molecular formula is C14H18ClN3O. The first-order chi connectivity index (χ1) is 9.20. The van der Waals surface area contributed by atoms with E-state index in [-0.39, 0.29) is 6.61 Å². The summed E-state index contributed by atoms with van der Waals surface area (Å²) < 4.78 is 0. The van der Waals surface area contributed by atoms with Gasteiger partial charge in [-0.25, -0.2) is 0 Å². The maximum Gasteiger partial charge on any atom is 0.151 e. The van der Waals surface area contributed by atoms with Crippen LogP contribution in [0.4, 0.5) is 5.82 Å². The van der Waals surface area contributed by atoms with E-state index in [9.17, 15) is 0 Å². The summed E-state index contributed by atoms with van der Waals surface area (Å²) in [4.78, 5) is 2.17. The van der Waals surface area contributed by atoms with Gasteiger partial charge in [0.15, 0.2) is 11.0 Å². The van der Waals surface area contributed by atoms with Crippen molar-refractivity contribution < 1.29 is 5.11 Å². The van der Waals surface area contributed by atoms with Crippen LogP contribution in [0.5, 0.6) is 0 Å². The Hall–Kier alpha value is -1.31. The molecule has 19 heavy (non-hydrogen) atoms. The largest absolute Gasteiger partial charge is 0.384 e. The number of hydrogen-bond acceptors (Lipinski definition) is 4. The minimum atomic E-state index is -0.0415. The van der Waals surface area contributed by atoms with E-state index in [2.05, 4.69) is 26.9 Å². The van der Waals surface area contributed by atoms with Gasteiger partial charge in [0.1, 0.15) is 6.61 Å². The molecule has 0 aromatic carbocycles. The summed E-state index contributed by atoms with van der Waals surface area (Å²) >= 11 is 5.74. The first-order valence-corrected chi connectivity index (χ1v) is 6.90. The zero-order valence-electron chi connectivity index (χ0n) is 11.0. The molecule has 1 heterocycles. The van der Waals surface area contributed by atoms with Gasteiger partial charge in [0.2, 0.25) is 0 Å². The van der Waals surface area contributed by atoms with Crippen molar-refractivity contribution in [3.8, 4) is 11.8 Å². The second-order valence-corrected chi connectivity index (χ2v) is 5.20. The van der Waals surface area contributed by atoms with Crippen LogP contribution in [-0.4, -0.2) is 35.0 Å². The summed E-state index contributed by atoms with van der Waals surface area (Å²) in [7, 11) is 2.04. The van der Waals surface area contributed by atoms with Crippen LogP contribution in [0.25, 0.3) is 0 Å². The van der Waals surface area contributed by atoms with Crippen molar-refractivity contribution in [2.24, 2.45) is 5.92 Å². The predicted octanol–water partition coefficient (Wildman–Crippen LogP) is 2.12. The smallest absolute Gasteiger partial charge is 0.151 e. The third kappa shape index (κ3) is 3.82. The summed E-state index contributed by atoms with van der Waals surface area (Å²) in [5.41, 5.74) is 0. The molecule has 1 fully saturated rings. The maximum atomic E-state index is 8.70. The van der Waals surface area contributed by atoms with Crippen molar-refractivity contribution in [3.63, 3.8) is 0 Å². The van der Waals surface area contributed by atoms with Crippen molar-refractivity contribution in [1.29, 1.82) is 0 Å². The van der Waals surface area contributed by atoms with Crippen LogP contribution in [0.15, 0.2) is 12.1 Å². The lowest BCUT2D eigenvalue weighted by molar-refractivity contribution is 0.348. The number of aromatic nitrogens is 2. The molecule has 102 valence electrons. The zero-order valence-corrected chi connectivity index (χ0v) is 11.8. The molecular weight excluding hydrogens is 262 g/mol. The molecule has 1 aromatic rings. The van der Waals surface area contributed by atoms with Crippen LogP contribution in [-0.2, 0) is 0 Å². The fraction of sp³-hybridized carbons (Fsp3) is 0.571. The van der Waals surface area contributed by atoms with E-state index in [1.54, 1.807) is 6.07 Å². The molecule has 0 unspecified atom stereocenters. The van der Waals surface area contributed by atoms with Gasteiger partial charge in [-0.15, -0.1) is 10.2 Å². The number of aliphatic hydroxyl groups is 1. The normalized spacial score (nSPS) is 22.5. The van der Waals surface area contributed by atoms with Gasteiger partial charge in [-0.05, 0) is 37.8 Å². The standard InChI is InChI=1S/C14H18ClN3O/c1-18(14-9-8-13(15)16-17-14)12-6-4-11(5-7-12)3-2-10-19/h8-9,11-12,19H,4-7,10H2,1H3/t11-,12-. The maximum absolute atomic E-state index is 8.70. The number of hydrogen-bond donors (Lipinski definition) is 1. The number of halogens is 1. The number of anilines is 1. The Balaban J connectivity index is 1.92. The summed E-state index contributed by atoms with van der Waals surface area (Å²) in [5.74, 6) is 7.15. The Labute approximate surface area is 118 Å². The van der Waals surface area contributed by atoms with Crippen LogP contribution in [0.1, 0.15) is 25.7 Å². The molecule has 0 amide bonds. The molecule has 0 radical (unpaired) electrons. The summed E-state index contributed by atoms with van der Waals surface area (Å²) in [6, 6.07) is 4.13. The van der Waals surface area contributed by atoms with E-state index in [0.717, 1.165) is 31.5 Å². The Morgan fingerprint density at radius 2 is 2.05 bits per heavy atom. The van der Waals surface area contributed by atoms with Crippen molar-refractivity contribution in [1.82, 2.24) is 10.2 Å². The first kappa shape index (κ1) is 14.1. The van der Waals surface area contributed by atoms with Crippen LogP contribution in [0.3, 0.4) is 0 Å². The average molecular weight is 280 g/mol. The van der Waals surface area contributed by atoms with E-state index >= 15 is 0 Å². The number of nitrogens with zero attached hydrogens (tertiary/aromatic N) is 3. The van der Waals surface area contributed by atoms with E-state index < -0.39 is 0 Å². The van der Waals surface area contributed by atoms with Gasteiger partial charge in [0.25, 0.3) is 0 Å². The third-order valence-corrected chi connectivity index (χ3v) is 3.81. The van der Waals surface area contributed by atoms with Crippen LogP contribution in [0.2, 0.25) is 5.15 Å². The SMILES string of the molecule is CN(c1ccc(Cl)nn1)[C@H]1CC[C@H](C#CCO)CC1. The molecule has 0 bridgehead atoms. The summed E-state index contributed by atoms with van der Waals surface area (Å²) in [6.07, 6.45) is 4.32. The van der Waals surface area contributed by atoms with Crippen LogP contribution >= 0.6 is 11.6 Å². The lowest BCUT2D eigenvalue weighted by Crippen LogP contribution is -2.35. The molecule has 1 aliphatic carbocycles. The van der Waals surface area contributed by atoms with Crippen LogP contribution < -0.4 is 4.90 Å². The quantitative estimate of drug-likeness (QED) is 0.843. The Morgan fingerprint density at radius 3 is 2.63 bits per heavy atom. The molecule has 1 aliphatic rings. The van der Waals surface area contributed by atoms with Crippen LogP contribution in [0, 0.1) is 17.8 Å². The van der Waals surface area contributed by atoms with Crippen molar-refractivity contribution >= 4 is 17.4 Å². The fourth-order valence-electron chi connectivity index (χ4n) is 2.48. The monoisotopic (exact) mass is 279 g/mol. The zero-order chi connectivity index (χ0) is 13.7. The number of rotatable bonds is 2. The Kier molecular flexibility index (Phi) is 5.00. The molecule has 1 saturated carbocycles. The third-order valence-electron chi connectivity index (χ3n) is 3.61. The highest BCUT2D eigenvalue weighted by atomic mass is 35.5. The summed E-state index contributed by atoms with van der Waals surface area (Å²) in [5, 5.41) is 17.1. The van der Waals surface area contributed by atoms with E-state index in [1.807, 2.05) is 13.1 Å². The highest BCUT2D eigenvalue weighted by Gasteiger charge is 2.23. The fourth-order valence-corrected chi connectivity index (χ4v) is 2.58. The van der Waals surface area contributed by atoms with Gasteiger partial charge >= 0.3 is 0 Å². The second-order valence-electron chi connectivity index (χ2n) is 4.81. The van der Waals surface area contributed by atoms with E-state index in [4.69, 9.17) is 16.7 Å². The molecule has 5 heteroatoms. The first-order valence-electron chi connectivity index (χ1n) is 6.52. The van der Waals surface area contributed by atoms with Gasteiger partial charge in [0.05, 0.1) is 0 Å². The molecule has 1 N–H and O–H groups in total. The van der Waals surface area contributed by atoms with Gasteiger partial charge in [-0.1, -0.05) is 23.4 Å². The summed E-state index contributed by atoms with van der Waals surface area (Å²) in [6.45, 7) is -0.0415. The number of aliphatic hydroxyl groups excluding tert-OH is 1. The minimum Gasteiger partial charge on any atom is -0.384 e. The highest BCUT2D eigenvalue weighted by Crippen LogP contribution is 2.28. The van der Waals surface area contributed by atoms with Gasteiger partial charge in [-0.2, -0.15) is 0 Å². The van der Waals surface area contributed by atoms with Gasteiger partial charge in [0, 0.05) is 19.0 Å². The Bertz CT molecular complexity index is 458. The Morgan fingerprint density at radius 1 is 1.32 bits per heavy atom. The lowest BCUT2D eigenvalue weighted by Gasteiger charge is -2.33. The molecule has 2 rings (SSSR count).